The number of nitrogens with one attached hydrogen (secondary N) is 2. The van der Waals surface area contributed by atoms with Crippen molar-refractivity contribution < 1.29 is 34.7 Å². The highest BCUT2D eigenvalue weighted by atomic mass is 16.5. The van der Waals surface area contributed by atoms with Crippen LogP contribution in [0.3, 0.4) is 0 Å². The molecule has 1 spiro atoms. The number of carbonyl (C=O) groups is 1. The van der Waals surface area contributed by atoms with Gasteiger partial charge < -0.3 is 40.5 Å². The van der Waals surface area contributed by atoms with Crippen LogP contribution in [0.25, 0.3) is 0 Å². The molecule has 6 N–H and O–H groups in total. The van der Waals surface area contributed by atoms with Gasteiger partial charge in [0.1, 0.15) is 6.29 Å². The number of methoxy groups -OCH3 is 1. The second-order valence-corrected chi connectivity index (χ2v) is 19.8. The van der Waals surface area contributed by atoms with Gasteiger partial charge in [0.2, 0.25) is 0 Å². The number of hydrogen-bond acceptors (Lipinski definition) is 9. The standard InChI is InChI=1S/C54H80N2O7/c1-38-17-18-44(32-41-12-10-13-42(31-41)33-52(56-35-38,25-29-62-5)47-15-7-6-8-16-47)39(2)11-9-14-46(37-63-30-28-58)48-21-23-54(51(48)60)50-43(22-27-57)19-20-45(49(50)40(3)36-59)34-53(54,61)24-26-55-4/h9-14,17,19-20,31,36,43-45,47-48,50-51,55-58,60-61H,2,6-8,15-16,18,21-30,32-35,37H2,1,3-5H3. The predicted molar refractivity (Wildman–Crippen MR) is 253 cm³/mol. The van der Waals surface area contributed by atoms with Crippen LogP contribution in [0.2, 0.25) is 0 Å². The summed E-state index contributed by atoms with van der Waals surface area (Å²) in [5.74, 6) is -0.0937. The van der Waals surface area contributed by atoms with Gasteiger partial charge in [0, 0.05) is 49.7 Å². The van der Waals surface area contributed by atoms with E-state index >= 15 is 0 Å². The molecule has 5 aliphatic rings. The number of rotatable bonds is 18. The normalized spacial score (nSPS) is 33.8. The van der Waals surface area contributed by atoms with Crippen LogP contribution in [0.15, 0.2) is 95.2 Å². The zero-order valence-corrected chi connectivity index (χ0v) is 39.0. The maximum atomic E-state index is 13.0. The van der Waals surface area contributed by atoms with Crippen molar-refractivity contribution in [1.29, 1.82) is 0 Å². The van der Waals surface area contributed by atoms with Gasteiger partial charge in [-0.15, -0.1) is 0 Å². The van der Waals surface area contributed by atoms with Crippen molar-refractivity contribution in [1.82, 2.24) is 10.6 Å². The molecule has 9 atom stereocenters. The van der Waals surface area contributed by atoms with Crippen LogP contribution in [0.1, 0.15) is 102 Å². The Morgan fingerprint density at radius 2 is 1.86 bits per heavy atom. The summed E-state index contributed by atoms with van der Waals surface area (Å²) in [7, 11) is 3.70. The van der Waals surface area contributed by atoms with Crippen LogP contribution in [-0.4, -0.2) is 104 Å². The second kappa shape index (κ2) is 23.0. The molecule has 9 heteroatoms. The van der Waals surface area contributed by atoms with Crippen LogP contribution in [0.4, 0.5) is 0 Å². The smallest absolute Gasteiger partial charge is 0.145 e. The van der Waals surface area contributed by atoms with E-state index in [0.29, 0.717) is 50.1 Å². The molecule has 9 unspecified atom stereocenters. The minimum Gasteiger partial charge on any atom is -0.396 e. The van der Waals surface area contributed by atoms with Crippen molar-refractivity contribution in [3.63, 3.8) is 0 Å². The fraction of sp³-hybridized carbons (Fsp3) is 0.648. The van der Waals surface area contributed by atoms with Crippen molar-refractivity contribution in [2.24, 2.45) is 40.9 Å². The summed E-state index contributed by atoms with van der Waals surface area (Å²) in [6, 6.07) is 9.19. The van der Waals surface area contributed by atoms with E-state index in [1.54, 1.807) is 0 Å². The molecule has 1 aromatic rings. The second-order valence-electron chi connectivity index (χ2n) is 19.8. The lowest BCUT2D eigenvalue weighted by atomic mass is 9.45. The number of aliphatic hydroxyl groups is 4. The van der Waals surface area contributed by atoms with Gasteiger partial charge in [-0.2, -0.15) is 0 Å². The average molecular weight is 869 g/mol. The monoisotopic (exact) mass is 869 g/mol. The Hall–Kier alpha value is -2.99. The summed E-state index contributed by atoms with van der Waals surface area (Å²) in [4.78, 5) is 12.5. The lowest BCUT2D eigenvalue weighted by Gasteiger charge is -2.61. The lowest BCUT2D eigenvalue weighted by molar-refractivity contribution is -0.194. The summed E-state index contributed by atoms with van der Waals surface area (Å²) >= 11 is 0. The Morgan fingerprint density at radius 1 is 1.06 bits per heavy atom. The molecule has 63 heavy (non-hydrogen) atoms. The van der Waals surface area contributed by atoms with Gasteiger partial charge in [-0.05, 0) is 144 Å². The van der Waals surface area contributed by atoms with Crippen molar-refractivity contribution in [2.45, 2.75) is 121 Å². The van der Waals surface area contributed by atoms with E-state index in [1.165, 1.54) is 48.8 Å². The molecule has 4 bridgehead atoms. The van der Waals surface area contributed by atoms with Crippen LogP contribution >= 0.6 is 0 Å². The van der Waals surface area contributed by atoms with Gasteiger partial charge >= 0.3 is 0 Å². The van der Waals surface area contributed by atoms with Gasteiger partial charge in [0.05, 0.1) is 31.5 Å². The lowest BCUT2D eigenvalue weighted by Crippen LogP contribution is -2.65. The summed E-state index contributed by atoms with van der Waals surface area (Å²) in [5, 5.41) is 53.2. The van der Waals surface area contributed by atoms with Gasteiger partial charge in [0.25, 0.3) is 0 Å². The predicted octanol–water partition coefficient (Wildman–Crippen LogP) is 7.55. The number of aliphatic hydroxyl groups excluding tert-OH is 3. The van der Waals surface area contributed by atoms with Gasteiger partial charge in [-0.1, -0.05) is 103 Å². The van der Waals surface area contributed by atoms with Crippen molar-refractivity contribution in [2.75, 3.05) is 60.3 Å². The highest BCUT2D eigenvalue weighted by Gasteiger charge is 2.68. The molecule has 0 amide bonds. The fourth-order valence-corrected chi connectivity index (χ4v) is 12.9. The Balaban J connectivity index is 1.29. The zero-order chi connectivity index (χ0) is 45.0. The summed E-state index contributed by atoms with van der Waals surface area (Å²) in [6.45, 7) is 11.2. The molecule has 1 aromatic carbocycles. The summed E-state index contributed by atoms with van der Waals surface area (Å²) < 4.78 is 11.7. The van der Waals surface area contributed by atoms with Gasteiger partial charge in [-0.3, -0.25) is 4.79 Å². The molecule has 1 aliphatic heterocycles. The Kier molecular flexibility index (Phi) is 18.0. The first kappa shape index (κ1) is 49.4. The number of carbonyl (C=O) groups excluding carboxylic acids is 1. The van der Waals surface area contributed by atoms with Crippen molar-refractivity contribution in [3.8, 4) is 0 Å². The van der Waals surface area contributed by atoms with E-state index < -0.39 is 17.1 Å². The first-order valence-electron chi connectivity index (χ1n) is 24.2. The molecule has 348 valence electrons. The van der Waals surface area contributed by atoms with E-state index in [1.807, 2.05) is 27.2 Å². The number of allylic oxidation sites excluding steroid dienone is 9. The molecule has 1 heterocycles. The molecule has 6 rings (SSSR count). The molecular formula is C54H80N2O7. The Labute approximate surface area is 378 Å². The van der Waals surface area contributed by atoms with Crippen LogP contribution in [0, 0.1) is 40.9 Å². The largest absolute Gasteiger partial charge is 0.396 e. The molecule has 4 aliphatic carbocycles. The van der Waals surface area contributed by atoms with Gasteiger partial charge in [-0.25, -0.2) is 0 Å². The minimum atomic E-state index is -1.22. The molecule has 3 saturated carbocycles. The van der Waals surface area contributed by atoms with E-state index in [2.05, 4.69) is 78.8 Å². The number of aldehydes is 1. The average Bonchev–Trinajstić information content (AvgIpc) is 3.64. The van der Waals surface area contributed by atoms with Crippen LogP contribution in [0.5, 0.6) is 0 Å². The molecule has 0 radical (unpaired) electrons. The first-order chi connectivity index (χ1) is 30.5. The number of benzene rings is 1. The minimum absolute atomic E-state index is 0.0145. The molecular weight excluding hydrogens is 789 g/mol. The Morgan fingerprint density at radius 3 is 2.59 bits per heavy atom. The third-order valence-electron chi connectivity index (χ3n) is 16.1. The van der Waals surface area contributed by atoms with E-state index in [4.69, 9.17) is 9.47 Å². The van der Waals surface area contributed by atoms with Crippen molar-refractivity contribution >= 4 is 6.29 Å². The topological polar surface area (TPSA) is 141 Å². The van der Waals surface area contributed by atoms with Crippen LogP contribution in [-0.2, 0) is 27.1 Å². The van der Waals surface area contributed by atoms with Crippen LogP contribution < -0.4 is 10.6 Å². The highest BCUT2D eigenvalue weighted by Crippen LogP contribution is 2.67. The number of ether oxygens (including phenoxy) is 2. The number of hydrogen-bond donors (Lipinski definition) is 6. The van der Waals surface area contributed by atoms with E-state index in [-0.39, 0.29) is 61.6 Å². The van der Waals surface area contributed by atoms with E-state index in [9.17, 15) is 25.2 Å². The van der Waals surface area contributed by atoms with Crippen molar-refractivity contribution in [3.05, 3.63) is 106 Å². The molecule has 0 aromatic heterocycles. The third-order valence-corrected chi connectivity index (χ3v) is 16.1. The first-order valence-corrected chi connectivity index (χ1v) is 24.2. The number of fused-ring (bicyclic) bond motifs is 5. The summed E-state index contributed by atoms with van der Waals surface area (Å²) in [6.07, 6.45) is 25.5. The molecule has 3 fully saturated rings. The Bertz CT molecular complexity index is 1840. The maximum Gasteiger partial charge on any atom is 0.145 e. The zero-order valence-electron chi connectivity index (χ0n) is 39.0. The maximum absolute atomic E-state index is 13.0. The van der Waals surface area contributed by atoms with Gasteiger partial charge in [0.15, 0.2) is 0 Å². The fourth-order valence-electron chi connectivity index (χ4n) is 12.9. The molecule has 9 nitrogen and oxygen atoms in total. The van der Waals surface area contributed by atoms with E-state index in [0.717, 1.165) is 61.8 Å². The highest BCUT2D eigenvalue weighted by molar-refractivity contribution is 5.74. The quantitative estimate of drug-likeness (QED) is 0.0290. The molecule has 0 saturated heterocycles. The summed E-state index contributed by atoms with van der Waals surface area (Å²) in [5.41, 5.74) is 5.41. The third kappa shape index (κ3) is 11.0. The SMILES string of the molecule is C=C(C=CC=C(COCCO)C1CCC2(C1O)C1C(=C(C)C=O)C(C=CC1CCO)CC2(O)CCNC)C1CC=C(C)CNC(CCOC)(C2CCCCC2)Cc2cccc(c2)C1.